The van der Waals surface area contributed by atoms with Crippen LogP contribution in [0.3, 0.4) is 0 Å². The molecule has 2 heterocycles. The highest BCUT2D eigenvalue weighted by molar-refractivity contribution is 7.99. The molecule has 0 aliphatic carbocycles. The second kappa shape index (κ2) is 13.9. The maximum atomic E-state index is 13.6. The van der Waals surface area contributed by atoms with Crippen LogP contribution < -0.4 is 14.4 Å². The van der Waals surface area contributed by atoms with Gasteiger partial charge in [0.25, 0.3) is 5.91 Å². The Bertz CT molecular complexity index is 1400. The average Bonchev–Trinajstić information content (AvgIpc) is 2.97. The highest BCUT2D eigenvalue weighted by Gasteiger charge is 2.29. The lowest BCUT2D eigenvalue weighted by Gasteiger charge is -2.40. The lowest BCUT2D eigenvalue weighted by molar-refractivity contribution is -0.127. The molecule has 0 N–H and O–H groups in total. The first kappa shape index (κ1) is 30.4. The summed E-state index contributed by atoms with van der Waals surface area (Å²) in [5, 5.41) is 0.678. The van der Waals surface area contributed by atoms with Crippen LogP contribution in [0, 0.1) is 5.82 Å². The molecule has 1 aliphatic heterocycles. The van der Waals surface area contributed by atoms with Gasteiger partial charge in [0.15, 0.2) is 16.7 Å². The van der Waals surface area contributed by atoms with Crippen molar-refractivity contribution in [2.75, 3.05) is 58.1 Å². The number of hydrogen-bond donors (Lipinski definition) is 0. The fraction of sp³-hybridized carbons (Fsp3) is 0.379. The van der Waals surface area contributed by atoms with Gasteiger partial charge in [-0.1, -0.05) is 35.5 Å². The fourth-order valence-corrected chi connectivity index (χ4v) is 5.58. The van der Waals surface area contributed by atoms with Gasteiger partial charge in [0.2, 0.25) is 5.91 Å². The molecule has 0 bridgehead atoms. The van der Waals surface area contributed by atoms with Crippen LogP contribution in [0.2, 0.25) is 5.15 Å². The molecule has 9 nitrogen and oxygen atoms in total. The van der Waals surface area contributed by atoms with Crippen molar-refractivity contribution in [2.24, 2.45) is 0 Å². The Kier molecular flexibility index (Phi) is 10.3. The summed E-state index contributed by atoms with van der Waals surface area (Å²) >= 11 is 7.54. The topological polar surface area (TPSA) is 88.1 Å². The van der Waals surface area contributed by atoms with Crippen molar-refractivity contribution in [1.82, 2.24) is 19.8 Å². The van der Waals surface area contributed by atoms with Crippen LogP contribution in [-0.2, 0) is 11.2 Å². The zero-order valence-electron chi connectivity index (χ0n) is 23.5. The van der Waals surface area contributed by atoms with E-state index in [9.17, 15) is 14.0 Å². The quantitative estimate of drug-likeness (QED) is 0.192. The van der Waals surface area contributed by atoms with Crippen LogP contribution in [0.5, 0.6) is 11.5 Å². The second-order valence-corrected chi connectivity index (χ2v) is 11.0. The lowest BCUT2D eigenvalue weighted by atomic mass is 10.1. The van der Waals surface area contributed by atoms with Gasteiger partial charge < -0.3 is 24.2 Å². The number of piperazine rings is 1. The van der Waals surface area contributed by atoms with E-state index in [1.54, 1.807) is 43.2 Å². The number of nitrogens with zero attached hydrogens (tertiary/aromatic N) is 5. The van der Waals surface area contributed by atoms with Crippen molar-refractivity contribution in [3.05, 3.63) is 70.6 Å². The molecular weight excluding hydrogens is 569 g/mol. The number of carbonyl (C=O) groups excluding carboxylic acids is 2. The van der Waals surface area contributed by atoms with E-state index in [-0.39, 0.29) is 28.8 Å². The summed E-state index contributed by atoms with van der Waals surface area (Å²) < 4.78 is 24.3. The van der Waals surface area contributed by atoms with Crippen molar-refractivity contribution in [3.8, 4) is 11.5 Å². The molecule has 41 heavy (non-hydrogen) atoms. The number of carbonyl (C=O) groups is 2. The molecule has 1 atom stereocenters. The summed E-state index contributed by atoms with van der Waals surface area (Å²) in [6, 6.07) is 13.0. The van der Waals surface area contributed by atoms with E-state index < -0.39 is 5.82 Å². The zero-order chi connectivity index (χ0) is 29.5. The first-order valence-corrected chi connectivity index (χ1v) is 14.5. The summed E-state index contributed by atoms with van der Waals surface area (Å²) in [6.07, 6.45) is 0.664. The molecule has 1 unspecified atom stereocenters. The van der Waals surface area contributed by atoms with Crippen molar-refractivity contribution in [1.29, 1.82) is 0 Å². The van der Waals surface area contributed by atoms with Gasteiger partial charge in [-0.15, -0.1) is 0 Å². The minimum Gasteiger partial charge on any atom is -0.493 e. The standard InChI is InChI=1S/C29H33ClFN5O4S/c1-19-17-35(12-13-36(19)28(38)21-6-5-7-22(31)15-21)26-16-25(30)32-29(33-26)41-18-27(37)34(2)11-10-20-8-9-23(39-3)24(14-20)40-4/h5-9,14-16,19H,10-13,17-18H2,1-4H3. The average molecular weight is 602 g/mol. The van der Waals surface area contributed by atoms with Crippen LogP contribution in [0.25, 0.3) is 0 Å². The molecule has 2 amide bonds. The number of rotatable bonds is 10. The van der Waals surface area contributed by atoms with E-state index in [0.29, 0.717) is 60.6 Å². The van der Waals surface area contributed by atoms with Crippen molar-refractivity contribution in [2.45, 2.75) is 24.5 Å². The summed E-state index contributed by atoms with van der Waals surface area (Å²) in [5.74, 6) is 1.40. The number of methoxy groups -OCH3 is 2. The van der Waals surface area contributed by atoms with Crippen LogP contribution >= 0.6 is 23.4 Å². The van der Waals surface area contributed by atoms with Crippen LogP contribution in [-0.4, -0.2) is 90.8 Å². The van der Waals surface area contributed by atoms with Crippen LogP contribution in [0.1, 0.15) is 22.8 Å². The van der Waals surface area contributed by atoms with Crippen molar-refractivity contribution in [3.63, 3.8) is 0 Å². The van der Waals surface area contributed by atoms with E-state index in [2.05, 4.69) is 9.97 Å². The minimum atomic E-state index is -0.439. The summed E-state index contributed by atoms with van der Waals surface area (Å²) in [6.45, 7) is 3.98. The fourth-order valence-electron chi connectivity index (χ4n) is 4.56. The summed E-state index contributed by atoms with van der Waals surface area (Å²) in [5.41, 5.74) is 1.36. The molecule has 4 rings (SSSR count). The van der Waals surface area contributed by atoms with Crippen LogP contribution in [0.4, 0.5) is 10.2 Å². The number of thioether (sulfide) groups is 1. The number of anilines is 1. The third-order valence-electron chi connectivity index (χ3n) is 6.88. The molecule has 0 spiro atoms. The summed E-state index contributed by atoms with van der Waals surface area (Å²) in [7, 11) is 4.95. The largest absolute Gasteiger partial charge is 0.493 e. The molecule has 2 aromatic carbocycles. The van der Waals surface area contributed by atoms with E-state index >= 15 is 0 Å². The van der Waals surface area contributed by atoms with Gasteiger partial charge in [0, 0.05) is 50.9 Å². The predicted molar refractivity (Wildman–Crippen MR) is 158 cm³/mol. The van der Waals surface area contributed by atoms with E-state index in [1.807, 2.05) is 30.0 Å². The number of ether oxygens (including phenoxy) is 2. The molecule has 12 heteroatoms. The minimum absolute atomic E-state index is 0.0568. The lowest BCUT2D eigenvalue weighted by Crippen LogP contribution is -2.54. The van der Waals surface area contributed by atoms with Gasteiger partial charge in [-0.2, -0.15) is 0 Å². The van der Waals surface area contributed by atoms with E-state index in [4.69, 9.17) is 21.1 Å². The number of halogens is 2. The Morgan fingerprint density at radius 3 is 2.59 bits per heavy atom. The molecule has 0 radical (unpaired) electrons. The molecular formula is C29H33ClFN5O4S. The number of benzene rings is 2. The number of aromatic nitrogens is 2. The zero-order valence-corrected chi connectivity index (χ0v) is 25.0. The number of likely N-dealkylation sites (N-methyl/N-ethyl adjacent to an activating group) is 1. The van der Waals surface area contributed by atoms with Crippen molar-refractivity contribution >= 4 is 41.0 Å². The normalized spacial score (nSPS) is 15.0. The van der Waals surface area contributed by atoms with Gasteiger partial charge in [0.1, 0.15) is 16.8 Å². The van der Waals surface area contributed by atoms with Gasteiger partial charge in [0.05, 0.1) is 20.0 Å². The highest BCUT2D eigenvalue weighted by Crippen LogP contribution is 2.28. The van der Waals surface area contributed by atoms with Crippen LogP contribution in [0.15, 0.2) is 53.7 Å². The van der Waals surface area contributed by atoms with Gasteiger partial charge in [-0.25, -0.2) is 14.4 Å². The van der Waals surface area contributed by atoms with E-state index in [1.165, 1.54) is 30.0 Å². The first-order chi connectivity index (χ1) is 19.7. The van der Waals surface area contributed by atoms with Gasteiger partial charge in [-0.05, 0) is 49.2 Å². The third kappa shape index (κ3) is 7.80. The molecule has 1 fully saturated rings. The Morgan fingerprint density at radius 2 is 1.88 bits per heavy atom. The molecule has 1 saturated heterocycles. The second-order valence-electron chi connectivity index (χ2n) is 9.68. The smallest absolute Gasteiger partial charge is 0.254 e. The molecule has 1 aliphatic rings. The van der Waals surface area contributed by atoms with Gasteiger partial charge in [-0.3, -0.25) is 9.59 Å². The molecule has 0 saturated carbocycles. The number of hydrogen-bond acceptors (Lipinski definition) is 8. The Morgan fingerprint density at radius 1 is 1.10 bits per heavy atom. The van der Waals surface area contributed by atoms with E-state index in [0.717, 1.165) is 5.56 Å². The first-order valence-electron chi connectivity index (χ1n) is 13.1. The van der Waals surface area contributed by atoms with Crippen molar-refractivity contribution < 1.29 is 23.5 Å². The Labute approximate surface area is 248 Å². The number of amides is 2. The molecule has 1 aromatic heterocycles. The third-order valence-corrected chi connectivity index (χ3v) is 7.90. The SMILES string of the molecule is COc1ccc(CCN(C)C(=O)CSc2nc(Cl)cc(N3CCN(C(=O)c4cccc(F)c4)C(C)C3)n2)cc1OC. The Hall–Kier alpha value is -3.57. The molecule has 218 valence electrons. The van der Waals surface area contributed by atoms with Gasteiger partial charge >= 0.3 is 0 Å². The maximum Gasteiger partial charge on any atom is 0.254 e. The summed E-state index contributed by atoms with van der Waals surface area (Å²) in [4.78, 5) is 40.1. The molecule has 3 aromatic rings. The monoisotopic (exact) mass is 601 g/mol. The highest BCUT2D eigenvalue weighted by atomic mass is 35.5. The Balaban J connectivity index is 1.32. The maximum absolute atomic E-state index is 13.6. The predicted octanol–water partition coefficient (Wildman–Crippen LogP) is 4.43.